The van der Waals surface area contributed by atoms with Crippen molar-refractivity contribution in [3.63, 3.8) is 0 Å². The van der Waals surface area contributed by atoms with Gasteiger partial charge in [0.25, 0.3) is 0 Å². The maximum Gasteiger partial charge on any atom is 0.0833 e. The average molecular weight is 267 g/mol. The van der Waals surface area contributed by atoms with Gasteiger partial charge in [-0.25, -0.2) is 0 Å². The van der Waals surface area contributed by atoms with Crippen LogP contribution in [-0.2, 0) is 6.42 Å². The molecule has 1 nitrogen and oxygen atoms in total. The van der Waals surface area contributed by atoms with Gasteiger partial charge in [-0.05, 0) is 24.6 Å². The molecule has 0 bridgehead atoms. The number of hydrogen-bond donors (Lipinski definition) is 0. The van der Waals surface area contributed by atoms with Crippen LogP contribution < -0.4 is 0 Å². The van der Waals surface area contributed by atoms with Crippen molar-refractivity contribution in [3.8, 4) is 12.3 Å². The highest BCUT2D eigenvalue weighted by Gasteiger charge is 2.13. The summed E-state index contributed by atoms with van der Waals surface area (Å²) in [5, 5.41) is 0. The summed E-state index contributed by atoms with van der Waals surface area (Å²) in [6.07, 6.45) is 14.3. The first-order chi connectivity index (χ1) is 9.22. The Bertz CT molecular complexity index is 606. The van der Waals surface area contributed by atoms with Crippen LogP contribution in [0.4, 0.5) is 0 Å². The molecular formula is C17H17NS. The molecule has 1 aromatic rings. The Labute approximate surface area is 121 Å². The van der Waals surface area contributed by atoms with Crippen LogP contribution in [0, 0.1) is 12.3 Å². The van der Waals surface area contributed by atoms with Crippen LogP contribution in [0.25, 0.3) is 0 Å². The van der Waals surface area contributed by atoms with Crippen LogP contribution in [0.1, 0.15) is 13.9 Å². The van der Waals surface area contributed by atoms with Crippen molar-refractivity contribution in [1.82, 2.24) is 4.90 Å². The summed E-state index contributed by atoms with van der Waals surface area (Å²) in [5.41, 5.74) is 3.13. The molecule has 0 unspecified atom stereocenters. The fraction of sp³-hybridized carbons (Fsp3) is 0.118. The molecule has 2 rings (SSSR count). The van der Waals surface area contributed by atoms with Gasteiger partial charge < -0.3 is 4.90 Å². The van der Waals surface area contributed by atoms with E-state index in [0.29, 0.717) is 0 Å². The van der Waals surface area contributed by atoms with Crippen molar-refractivity contribution in [1.29, 1.82) is 0 Å². The molecular weight excluding hydrogens is 250 g/mol. The third-order valence-electron chi connectivity index (χ3n) is 2.91. The minimum absolute atomic E-state index is 0. The lowest BCUT2D eigenvalue weighted by Crippen LogP contribution is -2.22. The number of thiocarbonyl (C=S) groups is 1. The van der Waals surface area contributed by atoms with Crippen LogP contribution in [-0.4, -0.2) is 9.89 Å². The Balaban J connectivity index is 0.00000200. The summed E-state index contributed by atoms with van der Waals surface area (Å²) in [4.78, 5) is 2.74. The van der Waals surface area contributed by atoms with E-state index in [4.69, 9.17) is 18.6 Å². The summed E-state index contributed by atoms with van der Waals surface area (Å²) in [7, 11) is 0. The molecule has 1 heterocycles. The van der Waals surface area contributed by atoms with Gasteiger partial charge in [0.15, 0.2) is 0 Å². The molecule has 0 amide bonds. The van der Waals surface area contributed by atoms with E-state index in [1.165, 1.54) is 5.56 Å². The summed E-state index contributed by atoms with van der Waals surface area (Å²) < 4.78 is 0. The molecule has 0 fully saturated rings. The predicted octanol–water partition coefficient (Wildman–Crippen LogP) is 4.10. The van der Waals surface area contributed by atoms with E-state index in [0.717, 1.165) is 22.7 Å². The van der Waals surface area contributed by atoms with E-state index in [2.05, 4.69) is 18.1 Å². The number of rotatable bonds is 2. The Hall–Kier alpha value is -2.11. The van der Waals surface area contributed by atoms with Crippen molar-refractivity contribution in [2.45, 2.75) is 13.3 Å². The molecule has 96 valence electrons. The zero-order chi connectivity index (χ0) is 13.7. The van der Waals surface area contributed by atoms with Crippen molar-refractivity contribution < 1.29 is 1.43 Å². The van der Waals surface area contributed by atoms with Crippen molar-refractivity contribution in [2.75, 3.05) is 0 Å². The fourth-order valence-corrected chi connectivity index (χ4v) is 2.14. The van der Waals surface area contributed by atoms with Crippen LogP contribution >= 0.6 is 12.2 Å². The quantitative estimate of drug-likeness (QED) is 0.586. The molecule has 19 heavy (non-hydrogen) atoms. The van der Waals surface area contributed by atoms with E-state index >= 15 is 0 Å². The second kappa shape index (κ2) is 6.17. The molecule has 0 spiro atoms. The highest BCUT2D eigenvalue weighted by Crippen LogP contribution is 2.20. The van der Waals surface area contributed by atoms with Gasteiger partial charge in [-0.3, -0.25) is 0 Å². The van der Waals surface area contributed by atoms with E-state index in [9.17, 15) is 0 Å². The first kappa shape index (κ1) is 13.3. The number of hydrogen-bond acceptors (Lipinski definition) is 1. The number of benzene rings is 1. The van der Waals surface area contributed by atoms with Gasteiger partial charge >= 0.3 is 0 Å². The van der Waals surface area contributed by atoms with E-state index < -0.39 is 0 Å². The zero-order valence-electron chi connectivity index (χ0n) is 10.8. The largest absolute Gasteiger partial charge is 0.311 e. The molecule has 1 aliphatic rings. The molecule has 2 heteroatoms. The topological polar surface area (TPSA) is 3.24 Å². The second-order valence-electron chi connectivity index (χ2n) is 4.26. The van der Waals surface area contributed by atoms with Crippen molar-refractivity contribution in [3.05, 3.63) is 71.6 Å². The Morgan fingerprint density at radius 3 is 2.68 bits per heavy atom. The van der Waals surface area contributed by atoms with E-state index in [1.54, 1.807) is 0 Å². The molecule has 0 atom stereocenters. The molecule has 0 saturated carbocycles. The van der Waals surface area contributed by atoms with Gasteiger partial charge in [-0.15, -0.1) is 6.42 Å². The van der Waals surface area contributed by atoms with Crippen molar-refractivity contribution in [2.24, 2.45) is 0 Å². The van der Waals surface area contributed by atoms with Gasteiger partial charge in [0, 0.05) is 19.6 Å². The molecule has 0 N–H and O–H groups in total. The smallest absolute Gasteiger partial charge is 0.0833 e. The van der Waals surface area contributed by atoms with Crippen LogP contribution in [0.2, 0.25) is 0 Å². The van der Waals surface area contributed by atoms with Crippen LogP contribution in [0.5, 0.6) is 0 Å². The number of nitrogens with zero attached hydrogens (tertiary/aromatic N) is 1. The van der Waals surface area contributed by atoms with Crippen molar-refractivity contribution >= 4 is 17.2 Å². The van der Waals surface area contributed by atoms with Gasteiger partial charge in [0.05, 0.1) is 10.7 Å². The maximum absolute atomic E-state index is 5.68. The lowest BCUT2D eigenvalue weighted by atomic mass is 10.0. The lowest BCUT2D eigenvalue weighted by molar-refractivity contribution is 0.705. The zero-order valence-corrected chi connectivity index (χ0v) is 11.7. The Morgan fingerprint density at radius 1 is 1.32 bits per heavy atom. The first-order valence-electron chi connectivity index (χ1n) is 6.10. The monoisotopic (exact) mass is 267 g/mol. The predicted molar refractivity (Wildman–Crippen MR) is 86.5 cm³/mol. The first-order valence-corrected chi connectivity index (χ1v) is 6.51. The standard InChI is InChI=1S/C17H15NS.H2/c1-3-16(13-15-9-5-4-6-10-15)17-11-7-8-12-18(17)14(2)19;/h1,4-12H,13H2,2H3;1H/b17-16+;. The maximum atomic E-state index is 5.68. The van der Waals surface area contributed by atoms with Gasteiger partial charge in [-0.1, -0.05) is 54.5 Å². The summed E-state index contributed by atoms with van der Waals surface area (Å²) >= 11 is 5.26. The highest BCUT2D eigenvalue weighted by molar-refractivity contribution is 7.80. The van der Waals surface area contributed by atoms with Gasteiger partial charge in [-0.2, -0.15) is 0 Å². The Morgan fingerprint density at radius 2 is 2.05 bits per heavy atom. The molecule has 1 aromatic carbocycles. The average Bonchev–Trinajstić information content (AvgIpc) is 2.46. The normalized spacial score (nSPS) is 16.1. The molecule has 0 saturated heterocycles. The second-order valence-corrected chi connectivity index (χ2v) is 4.85. The number of terminal acetylenes is 1. The summed E-state index contributed by atoms with van der Waals surface area (Å²) in [5.74, 6) is 2.80. The lowest BCUT2D eigenvalue weighted by Gasteiger charge is -2.24. The third-order valence-corrected chi connectivity index (χ3v) is 3.10. The molecule has 0 aliphatic carbocycles. The van der Waals surface area contributed by atoms with E-state index in [1.807, 2.05) is 54.5 Å². The highest BCUT2D eigenvalue weighted by atomic mass is 32.1. The van der Waals surface area contributed by atoms with E-state index in [-0.39, 0.29) is 1.43 Å². The van der Waals surface area contributed by atoms with Crippen LogP contribution in [0.3, 0.4) is 0 Å². The minimum atomic E-state index is 0. The molecule has 0 radical (unpaired) electrons. The van der Waals surface area contributed by atoms with Gasteiger partial charge in [0.1, 0.15) is 0 Å². The van der Waals surface area contributed by atoms with Crippen LogP contribution in [0.15, 0.2) is 66.0 Å². The summed E-state index contributed by atoms with van der Waals surface area (Å²) in [6.45, 7) is 1.90. The fourth-order valence-electron chi connectivity index (χ4n) is 1.98. The summed E-state index contributed by atoms with van der Waals surface area (Å²) in [6, 6.07) is 10.2. The SMILES string of the molecule is C#C/C(Cc1ccccc1)=C1/C=CC=CN1C(C)=S.[HH]. The minimum Gasteiger partial charge on any atom is -0.311 e. The number of allylic oxidation sites excluding steroid dienone is 4. The Kier molecular flexibility index (Phi) is 4.33. The third kappa shape index (κ3) is 3.21. The van der Waals surface area contributed by atoms with Gasteiger partial charge in [0.2, 0.25) is 0 Å². The molecule has 1 aliphatic heterocycles. The molecule has 0 aromatic heterocycles.